The van der Waals surface area contributed by atoms with E-state index in [9.17, 15) is 77.6 Å². The average Bonchev–Trinajstić information content (AvgIpc) is 1.80. The molecule has 566 valence electrons. The second-order valence-electron chi connectivity index (χ2n) is 26.1. The Kier molecular flexibility index (Phi) is 35.1. The molecule has 0 aromatic heterocycles. The van der Waals surface area contributed by atoms with E-state index in [0.717, 1.165) is 9.80 Å². The number of aliphatic carboxylic acids is 1. The number of phenolic OH excluding ortho intramolecular Hbond substituents is 1. The number of carboxylic acid groups (broad SMARTS) is 1. The van der Waals surface area contributed by atoms with Crippen molar-refractivity contribution in [1.82, 2.24) is 62.6 Å². The molecule has 3 aromatic carbocycles. The van der Waals surface area contributed by atoms with E-state index in [-0.39, 0.29) is 88.0 Å². The van der Waals surface area contributed by atoms with Gasteiger partial charge in [-0.15, -0.1) is 0 Å². The summed E-state index contributed by atoms with van der Waals surface area (Å²) in [6, 6.07) is 9.60. The van der Waals surface area contributed by atoms with Crippen molar-refractivity contribution in [2.75, 3.05) is 59.1 Å². The Bertz CT molecular complexity index is 3420. The summed E-state index contributed by atoms with van der Waals surface area (Å²) in [7, 11) is 2.63. The van der Waals surface area contributed by atoms with Gasteiger partial charge in [0, 0.05) is 56.9 Å². The number of aliphatic hydroxyl groups is 1. The number of nitrogens with two attached hydrogens (primary N) is 4. The SMILES string of the molecule is CC(C)C[C@@H](C(=O)N[C@@H](Cc1ccc(O)cc1)C(=O)N1CCC[C@H]1C(=O)N[C@@H](CS)C(=O)O)N(C)C(=O)CN(C)C(=O)CNC(=O)[C@H](Cc1ccccc1)NC(=O)[C@H](CCN)NC(=O)CNC(=O)[C@@H](NC(=O)[C@@H](NC(=O)[C@H](Cc1ccccc1)NC(=O)[C@@H](N)CCCN=C(N)N)C(C)(C)S)[C@@H](C)O. The third kappa shape index (κ3) is 28.6. The maximum absolute atomic E-state index is 14.5. The minimum absolute atomic E-state index is 0.0335. The molecule has 12 amide bonds. The zero-order valence-electron chi connectivity index (χ0n) is 59.0. The summed E-state index contributed by atoms with van der Waals surface area (Å²) in [5, 5.41) is 53.1. The maximum atomic E-state index is 14.5. The predicted molar refractivity (Wildman–Crippen MR) is 388 cm³/mol. The molecule has 35 heteroatoms. The highest BCUT2D eigenvalue weighted by Gasteiger charge is 2.42. The smallest absolute Gasteiger partial charge is 0.327 e. The molecule has 1 aliphatic rings. The molecular formula is C68H101N17O16S2. The first-order valence-electron chi connectivity index (χ1n) is 33.6. The highest BCUT2D eigenvalue weighted by molar-refractivity contribution is 7.81. The molecule has 0 spiro atoms. The van der Waals surface area contributed by atoms with Gasteiger partial charge >= 0.3 is 5.97 Å². The fraction of sp³-hybridized carbons (Fsp3) is 0.529. The average molecular weight is 1480 g/mol. The number of guanidine groups is 1. The van der Waals surface area contributed by atoms with Crippen LogP contribution >= 0.6 is 25.3 Å². The number of rotatable bonds is 41. The lowest BCUT2D eigenvalue weighted by Crippen LogP contribution is -2.63. The Labute approximate surface area is 609 Å². The lowest BCUT2D eigenvalue weighted by Gasteiger charge is -2.33. The third-order valence-electron chi connectivity index (χ3n) is 16.7. The van der Waals surface area contributed by atoms with Crippen LogP contribution in [0, 0.1) is 5.92 Å². The van der Waals surface area contributed by atoms with Crippen LogP contribution in [-0.2, 0) is 81.6 Å². The molecule has 1 saturated heterocycles. The number of likely N-dealkylation sites (N-methyl/N-ethyl adjacent to an activating group) is 2. The number of carboxylic acids is 1. The van der Waals surface area contributed by atoms with Gasteiger partial charge in [0.25, 0.3) is 0 Å². The summed E-state index contributed by atoms with van der Waals surface area (Å²) in [4.78, 5) is 186. The van der Waals surface area contributed by atoms with Crippen molar-refractivity contribution in [3.63, 3.8) is 0 Å². The monoisotopic (exact) mass is 1480 g/mol. The van der Waals surface area contributed by atoms with E-state index < -0.39 is 168 Å². The van der Waals surface area contributed by atoms with Crippen molar-refractivity contribution in [2.45, 2.75) is 164 Å². The van der Waals surface area contributed by atoms with Gasteiger partial charge in [-0.3, -0.25) is 62.5 Å². The summed E-state index contributed by atoms with van der Waals surface area (Å²) >= 11 is 8.58. The first-order chi connectivity index (χ1) is 48.5. The van der Waals surface area contributed by atoms with Gasteiger partial charge in [0.05, 0.1) is 31.8 Å². The lowest BCUT2D eigenvalue weighted by atomic mass is 9.99. The number of hydrogen-bond acceptors (Lipinski definition) is 20. The zero-order valence-corrected chi connectivity index (χ0v) is 60.8. The number of aliphatic imine (C=N–C) groups is 1. The van der Waals surface area contributed by atoms with Crippen LogP contribution in [0.2, 0.25) is 0 Å². The van der Waals surface area contributed by atoms with E-state index in [1.54, 1.807) is 86.6 Å². The third-order valence-corrected chi connectivity index (χ3v) is 17.3. The van der Waals surface area contributed by atoms with Crippen LogP contribution in [-0.4, -0.2) is 243 Å². The number of nitrogens with one attached hydrogen (secondary N) is 9. The van der Waals surface area contributed by atoms with Gasteiger partial charge in [-0.25, -0.2) is 4.79 Å². The van der Waals surface area contributed by atoms with Crippen molar-refractivity contribution < 1.29 is 77.6 Å². The predicted octanol–water partition coefficient (Wildman–Crippen LogP) is -3.80. The van der Waals surface area contributed by atoms with Gasteiger partial charge in [-0.1, -0.05) is 86.6 Å². The molecule has 0 unspecified atom stereocenters. The van der Waals surface area contributed by atoms with Crippen LogP contribution in [0.3, 0.4) is 0 Å². The van der Waals surface area contributed by atoms with E-state index >= 15 is 0 Å². The highest BCUT2D eigenvalue weighted by Crippen LogP contribution is 2.23. The quantitative estimate of drug-likeness (QED) is 0.0112. The topological polar surface area (TPSA) is 517 Å². The van der Waals surface area contributed by atoms with Gasteiger partial charge in [-0.05, 0) is 101 Å². The number of carbonyl (C=O) groups is 13. The molecular weight excluding hydrogens is 1370 g/mol. The first kappa shape index (κ1) is 85.8. The number of thiol groups is 2. The molecule has 20 N–H and O–H groups in total. The molecule has 1 aliphatic heterocycles. The fourth-order valence-corrected chi connectivity index (χ4v) is 11.3. The molecule has 0 bridgehead atoms. The van der Waals surface area contributed by atoms with Crippen LogP contribution in [0.5, 0.6) is 5.75 Å². The van der Waals surface area contributed by atoms with Crippen LogP contribution in [0.25, 0.3) is 0 Å². The molecule has 0 aliphatic carbocycles. The standard InChI is InChI=1S/C68H101N17O16S2/c1-38(2)30-51(62(96)79-48(33-42-22-24-43(87)25-23-42)65(99)85-29-15-21-50(85)61(95)80-49(37-102)66(100)101)84(7)54(90)36-83(6)53(89)35-75-58(92)46(31-40-16-10-8-11-17-40)78-59(93)45(26-27-69)76-52(88)34-74-63(97)55(39(3)86)81-64(98)56(68(4,5)103)82-60(94)47(32-41-18-12-9-13-19-41)77-57(91)44(70)20-14-28-73-67(71)72/h8-13,16-19,22-25,38-39,44-51,55-56,86-87,102-103H,14-15,20-21,26-37,69-70H2,1-7H3,(H,74,97)(H,75,92)(H,76,88)(H,77,91)(H,78,93)(H,79,96)(H,80,95)(H,81,98)(H,82,94)(H,100,101)(H4,71,72,73)/t39-,44+,45+,46+,47+,48+,49+,50+,51+,55+,56-/m1/s1. The molecule has 1 heterocycles. The molecule has 3 aromatic rings. The first-order valence-corrected chi connectivity index (χ1v) is 34.7. The number of aliphatic hydroxyl groups excluding tert-OH is 1. The van der Waals surface area contributed by atoms with Crippen molar-refractivity contribution in [3.05, 3.63) is 102 Å². The van der Waals surface area contributed by atoms with Crippen molar-refractivity contribution >= 4 is 108 Å². The van der Waals surface area contributed by atoms with Gasteiger partial charge in [0.15, 0.2) is 5.96 Å². The number of hydrogen-bond donors (Lipinski definition) is 18. The van der Waals surface area contributed by atoms with Crippen molar-refractivity contribution in [3.8, 4) is 5.75 Å². The Balaban J connectivity index is 1.43. The van der Waals surface area contributed by atoms with Crippen LogP contribution in [0.4, 0.5) is 0 Å². The van der Waals surface area contributed by atoms with Crippen molar-refractivity contribution in [1.29, 1.82) is 0 Å². The number of aromatic hydroxyl groups is 1. The highest BCUT2D eigenvalue weighted by atomic mass is 32.1. The zero-order chi connectivity index (χ0) is 76.8. The number of phenols is 1. The van der Waals surface area contributed by atoms with Crippen LogP contribution in [0.1, 0.15) is 89.8 Å². The summed E-state index contributed by atoms with van der Waals surface area (Å²) in [5.74, 6) is -11.8. The molecule has 11 atom stereocenters. The Hall–Kier alpha value is -9.58. The second kappa shape index (κ2) is 42.1. The van der Waals surface area contributed by atoms with E-state index in [2.05, 4.69) is 78.1 Å². The van der Waals surface area contributed by atoms with Gasteiger partial charge < -0.3 is 101 Å². The maximum Gasteiger partial charge on any atom is 0.327 e. The van der Waals surface area contributed by atoms with E-state index in [1.165, 1.54) is 51.9 Å². The van der Waals surface area contributed by atoms with E-state index in [1.807, 2.05) is 0 Å². The Morgan fingerprint density at radius 1 is 0.650 bits per heavy atom. The molecule has 103 heavy (non-hydrogen) atoms. The van der Waals surface area contributed by atoms with E-state index in [0.29, 0.717) is 29.5 Å². The number of amides is 12. The van der Waals surface area contributed by atoms with Gasteiger partial charge in [-0.2, -0.15) is 25.3 Å². The van der Waals surface area contributed by atoms with Crippen LogP contribution < -0.4 is 70.8 Å². The van der Waals surface area contributed by atoms with E-state index in [4.69, 9.17) is 22.9 Å². The summed E-state index contributed by atoms with van der Waals surface area (Å²) in [6.45, 7) is 5.80. The summed E-state index contributed by atoms with van der Waals surface area (Å²) in [6.07, 6.45) is -0.885. The van der Waals surface area contributed by atoms with Gasteiger partial charge in [0.2, 0.25) is 70.9 Å². The van der Waals surface area contributed by atoms with Crippen molar-refractivity contribution in [2.24, 2.45) is 33.8 Å². The van der Waals surface area contributed by atoms with Gasteiger partial charge in [0.1, 0.15) is 60.1 Å². The molecule has 0 saturated carbocycles. The summed E-state index contributed by atoms with van der Waals surface area (Å²) in [5.41, 5.74) is 24.5. The minimum Gasteiger partial charge on any atom is -0.508 e. The minimum atomic E-state index is -1.74. The van der Waals surface area contributed by atoms with Crippen LogP contribution in [0.15, 0.2) is 89.9 Å². The number of carbonyl (C=O) groups excluding carboxylic acids is 12. The fourth-order valence-electron chi connectivity index (χ4n) is 10.9. The largest absolute Gasteiger partial charge is 0.508 e. The Morgan fingerprint density at radius 3 is 1.74 bits per heavy atom. The number of benzene rings is 3. The Morgan fingerprint density at radius 2 is 1.19 bits per heavy atom. The number of nitrogens with zero attached hydrogens (tertiary/aromatic N) is 4. The normalized spacial score (nSPS) is 15.6. The number of likely N-dealkylation sites (tertiary alicyclic amines) is 1. The molecule has 1 fully saturated rings. The molecule has 0 radical (unpaired) electrons. The second-order valence-corrected chi connectivity index (χ2v) is 27.6. The summed E-state index contributed by atoms with van der Waals surface area (Å²) < 4.78 is -1.35. The lowest BCUT2D eigenvalue weighted by molar-refractivity contribution is -0.146. The molecule has 33 nitrogen and oxygen atoms in total. The molecule has 4 rings (SSSR count).